The second kappa shape index (κ2) is 9.09. The lowest BCUT2D eigenvalue weighted by molar-refractivity contribution is -0.143. The van der Waals surface area contributed by atoms with Crippen molar-refractivity contribution in [3.8, 4) is 5.75 Å². The zero-order valence-corrected chi connectivity index (χ0v) is 17.5. The molecule has 1 heterocycles. The first-order valence-corrected chi connectivity index (χ1v) is 10.5. The summed E-state index contributed by atoms with van der Waals surface area (Å²) in [5.41, 5.74) is 0.599. The van der Waals surface area contributed by atoms with Crippen LogP contribution in [0.3, 0.4) is 0 Å². The van der Waals surface area contributed by atoms with Crippen molar-refractivity contribution in [2.24, 2.45) is 4.99 Å². The summed E-state index contributed by atoms with van der Waals surface area (Å²) in [6, 6.07) is 17.6. The second-order valence-electron chi connectivity index (χ2n) is 6.69. The van der Waals surface area contributed by atoms with E-state index in [1.807, 2.05) is 36.4 Å². The maximum atomic E-state index is 13.6. The van der Waals surface area contributed by atoms with E-state index in [1.165, 1.54) is 12.1 Å². The Bertz CT molecular complexity index is 1340. The number of hydrogen-bond donors (Lipinski definition) is 0. The van der Waals surface area contributed by atoms with E-state index in [9.17, 15) is 14.0 Å². The van der Waals surface area contributed by atoms with Crippen LogP contribution in [0.4, 0.5) is 4.39 Å². The molecule has 1 amide bonds. The quantitative estimate of drug-likeness (QED) is 0.426. The van der Waals surface area contributed by atoms with Gasteiger partial charge in [-0.15, -0.1) is 0 Å². The number of benzene rings is 3. The van der Waals surface area contributed by atoms with Crippen molar-refractivity contribution in [3.63, 3.8) is 0 Å². The van der Waals surface area contributed by atoms with Crippen molar-refractivity contribution >= 4 is 44.2 Å². The number of aromatic nitrogens is 1. The van der Waals surface area contributed by atoms with E-state index >= 15 is 0 Å². The zero-order chi connectivity index (χ0) is 21.8. The SMILES string of the molecule is CCOC(=O)Cn1c(=NC(=O)COc2ccc3ccccc3c2)sc2cc(F)ccc21. The van der Waals surface area contributed by atoms with Gasteiger partial charge in [-0.05, 0) is 48.0 Å². The lowest BCUT2D eigenvalue weighted by Crippen LogP contribution is -2.24. The molecule has 158 valence electrons. The van der Waals surface area contributed by atoms with Gasteiger partial charge in [-0.25, -0.2) is 4.39 Å². The van der Waals surface area contributed by atoms with Crippen molar-refractivity contribution in [2.75, 3.05) is 13.2 Å². The third-order valence-corrected chi connectivity index (χ3v) is 5.58. The molecule has 0 saturated heterocycles. The van der Waals surface area contributed by atoms with Gasteiger partial charge in [0.05, 0.1) is 16.8 Å². The Labute approximate surface area is 181 Å². The lowest BCUT2D eigenvalue weighted by Gasteiger charge is -2.06. The maximum Gasteiger partial charge on any atom is 0.326 e. The fraction of sp³-hybridized carbons (Fsp3) is 0.174. The van der Waals surface area contributed by atoms with Gasteiger partial charge in [0.1, 0.15) is 18.1 Å². The fourth-order valence-corrected chi connectivity index (χ4v) is 4.23. The number of rotatable bonds is 6. The molecule has 0 radical (unpaired) electrons. The monoisotopic (exact) mass is 438 g/mol. The Morgan fingerprint density at radius 3 is 2.68 bits per heavy atom. The van der Waals surface area contributed by atoms with Crippen molar-refractivity contribution in [2.45, 2.75) is 13.5 Å². The van der Waals surface area contributed by atoms with E-state index in [4.69, 9.17) is 9.47 Å². The summed E-state index contributed by atoms with van der Waals surface area (Å²) in [6.45, 7) is 1.56. The van der Waals surface area contributed by atoms with Gasteiger partial charge in [0.25, 0.3) is 5.91 Å². The predicted octanol–water partition coefficient (Wildman–Crippen LogP) is 4.06. The molecule has 0 aliphatic carbocycles. The molecule has 0 aliphatic heterocycles. The molecular formula is C23H19FN2O4S. The highest BCUT2D eigenvalue weighted by atomic mass is 32.1. The largest absolute Gasteiger partial charge is 0.484 e. The van der Waals surface area contributed by atoms with Crippen LogP contribution in [0.5, 0.6) is 5.75 Å². The number of halogens is 1. The summed E-state index contributed by atoms with van der Waals surface area (Å²) in [7, 11) is 0. The number of ether oxygens (including phenoxy) is 2. The van der Waals surface area contributed by atoms with Crippen molar-refractivity contribution in [1.29, 1.82) is 0 Å². The number of hydrogen-bond acceptors (Lipinski definition) is 5. The van der Waals surface area contributed by atoms with Crippen molar-refractivity contribution < 1.29 is 23.5 Å². The number of thiazole rings is 1. The van der Waals surface area contributed by atoms with E-state index in [0.717, 1.165) is 22.1 Å². The fourth-order valence-electron chi connectivity index (χ4n) is 3.16. The molecule has 0 saturated carbocycles. The first kappa shape index (κ1) is 20.7. The van der Waals surface area contributed by atoms with Gasteiger partial charge in [0.2, 0.25) is 0 Å². The average molecular weight is 438 g/mol. The smallest absolute Gasteiger partial charge is 0.326 e. The summed E-state index contributed by atoms with van der Waals surface area (Å²) in [6.07, 6.45) is 0. The molecule has 0 aliphatic rings. The molecule has 31 heavy (non-hydrogen) atoms. The van der Waals surface area contributed by atoms with Crippen LogP contribution >= 0.6 is 11.3 Å². The predicted molar refractivity (Wildman–Crippen MR) is 116 cm³/mol. The first-order chi connectivity index (χ1) is 15.0. The Morgan fingerprint density at radius 1 is 1.06 bits per heavy atom. The number of esters is 1. The van der Waals surface area contributed by atoms with Gasteiger partial charge in [0.15, 0.2) is 11.4 Å². The van der Waals surface area contributed by atoms with E-state index in [2.05, 4.69) is 4.99 Å². The molecule has 0 bridgehead atoms. The molecule has 3 aromatic carbocycles. The summed E-state index contributed by atoms with van der Waals surface area (Å²) in [5.74, 6) is -0.833. The molecule has 0 atom stereocenters. The Kier molecular flexibility index (Phi) is 6.08. The normalized spacial score (nSPS) is 11.7. The van der Waals surface area contributed by atoms with Crippen LogP contribution < -0.4 is 9.54 Å². The Hall–Kier alpha value is -3.52. The van der Waals surface area contributed by atoms with Gasteiger partial charge >= 0.3 is 5.97 Å². The van der Waals surface area contributed by atoms with Crippen LogP contribution in [-0.4, -0.2) is 29.7 Å². The van der Waals surface area contributed by atoms with Crippen LogP contribution in [0.25, 0.3) is 21.0 Å². The number of carbonyl (C=O) groups is 2. The van der Waals surface area contributed by atoms with Crippen molar-refractivity contribution in [3.05, 3.63) is 71.3 Å². The highest BCUT2D eigenvalue weighted by Gasteiger charge is 2.13. The molecule has 4 aromatic rings. The standard InChI is InChI=1S/C23H19FN2O4S/c1-2-29-22(28)13-26-19-10-8-17(24)12-20(19)31-23(26)25-21(27)14-30-18-9-7-15-5-3-4-6-16(15)11-18/h3-12H,2,13-14H2,1H3. The molecule has 0 unspecified atom stereocenters. The number of carbonyl (C=O) groups excluding carboxylic acids is 2. The molecular weight excluding hydrogens is 419 g/mol. The number of nitrogens with zero attached hydrogens (tertiary/aromatic N) is 2. The van der Waals surface area contributed by atoms with E-state index in [0.29, 0.717) is 16.0 Å². The maximum absolute atomic E-state index is 13.6. The third-order valence-electron chi connectivity index (χ3n) is 4.54. The first-order valence-electron chi connectivity index (χ1n) is 9.67. The zero-order valence-electron chi connectivity index (χ0n) is 16.7. The van der Waals surface area contributed by atoms with Crippen molar-refractivity contribution in [1.82, 2.24) is 4.57 Å². The summed E-state index contributed by atoms with van der Waals surface area (Å²) in [5, 5.41) is 2.08. The number of amides is 1. The number of fused-ring (bicyclic) bond motifs is 2. The van der Waals surface area contributed by atoms with Crippen LogP contribution in [0.15, 0.2) is 65.7 Å². The van der Waals surface area contributed by atoms with Gasteiger partial charge in [-0.3, -0.25) is 9.59 Å². The minimum Gasteiger partial charge on any atom is -0.484 e. The summed E-state index contributed by atoms with van der Waals surface area (Å²) < 4.78 is 26.4. The van der Waals surface area contributed by atoms with Gasteiger partial charge in [-0.1, -0.05) is 41.7 Å². The van der Waals surface area contributed by atoms with Gasteiger partial charge in [-0.2, -0.15) is 4.99 Å². The molecule has 0 fully saturated rings. The minimum atomic E-state index is -0.516. The van der Waals surface area contributed by atoms with Crippen LogP contribution in [0.1, 0.15) is 6.92 Å². The van der Waals surface area contributed by atoms with Crippen LogP contribution in [-0.2, 0) is 20.9 Å². The minimum absolute atomic E-state index is 0.128. The van der Waals surface area contributed by atoms with E-state index in [1.54, 1.807) is 23.6 Å². The van der Waals surface area contributed by atoms with Crippen LogP contribution in [0, 0.1) is 5.82 Å². The average Bonchev–Trinajstić information content (AvgIpc) is 3.08. The molecule has 8 heteroatoms. The molecule has 1 aromatic heterocycles. The highest BCUT2D eigenvalue weighted by Crippen LogP contribution is 2.21. The third kappa shape index (κ3) is 4.80. The van der Waals surface area contributed by atoms with E-state index < -0.39 is 17.7 Å². The van der Waals surface area contributed by atoms with Gasteiger partial charge < -0.3 is 14.0 Å². The topological polar surface area (TPSA) is 69.9 Å². The second-order valence-corrected chi connectivity index (χ2v) is 7.70. The van der Waals surface area contributed by atoms with Gasteiger partial charge in [0, 0.05) is 0 Å². The lowest BCUT2D eigenvalue weighted by atomic mass is 10.1. The summed E-state index contributed by atoms with van der Waals surface area (Å²) in [4.78, 5) is 28.9. The Balaban J connectivity index is 1.59. The molecule has 4 rings (SSSR count). The summed E-state index contributed by atoms with van der Waals surface area (Å²) >= 11 is 1.12. The molecule has 0 spiro atoms. The Morgan fingerprint density at radius 2 is 1.87 bits per heavy atom. The van der Waals surface area contributed by atoms with E-state index in [-0.39, 0.29) is 24.6 Å². The molecule has 6 nitrogen and oxygen atoms in total. The van der Waals surface area contributed by atoms with Crippen LogP contribution in [0.2, 0.25) is 0 Å². The highest BCUT2D eigenvalue weighted by molar-refractivity contribution is 7.16. The molecule has 0 N–H and O–H groups in total.